The second-order valence-corrected chi connectivity index (χ2v) is 11.5. The molecule has 3 N–H and O–H groups in total. The third-order valence-corrected chi connectivity index (χ3v) is 8.17. The highest BCUT2D eigenvalue weighted by Gasteiger charge is 2.39. The molecule has 1 heterocycles. The van der Waals surface area contributed by atoms with Crippen LogP contribution in [0, 0.1) is 5.92 Å². The van der Waals surface area contributed by atoms with Gasteiger partial charge in [0, 0.05) is 28.3 Å². The average Bonchev–Trinajstić information content (AvgIpc) is 2.93. The first-order valence-electron chi connectivity index (χ1n) is 11.2. The minimum atomic E-state index is -3.12. The number of hydrogen-bond donors (Lipinski definition) is 2. The molecule has 1 aliphatic carbocycles. The summed E-state index contributed by atoms with van der Waals surface area (Å²) in [6.07, 6.45) is 5.48. The lowest BCUT2D eigenvalue weighted by Gasteiger charge is -2.37. The Morgan fingerprint density at radius 3 is 3.00 bits per heavy atom. The van der Waals surface area contributed by atoms with E-state index in [0.29, 0.717) is 30.9 Å². The molecular formula is C25H30ClN3O3S. The van der Waals surface area contributed by atoms with E-state index < -0.39 is 15.8 Å². The number of nitrogens with two attached hydrogens (primary N) is 1. The van der Waals surface area contributed by atoms with Gasteiger partial charge in [-0.1, -0.05) is 30.7 Å². The maximum atomic E-state index is 12.7. The fourth-order valence-electron chi connectivity index (χ4n) is 4.82. The third-order valence-electron chi connectivity index (χ3n) is 6.42. The molecule has 0 bridgehead atoms. The van der Waals surface area contributed by atoms with Gasteiger partial charge in [-0.05, 0) is 73.1 Å². The molecule has 1 amide bonds. The van der Waals surface area contributed by atoms with Crippen LogP contribution in [-0.4, -0.2) is 29.0 Å². The van der Waals surface area contributed by atoms with Gasteiger partial charge in [0.25, 0.3) is 5.91 Å². The monoisotopic (exact) mass is 487 g/mol. The Bertz CT molecular complexity index is 1210. The van der Waals surface area contributed by atoms with E-state index in [0.717, 1.165) is 30.0 Å². The van der Waals surface area contributed by atoms with Crippen molar-refractivity contribution >= 4 is 33.1 Å². The van der Waals surface area contributed by atoms with E-state index in [1.165, 1.54) is 11.1 Å². The lowest BCUT2D eigenvalue weighted by atomic mass is 9.70. The zero-order chi connectivity index (χ0) is 23.6. The number of halogens is 1. The van der Waals surface area contributed by atoms with Crippen LogP contribution in [0.1, 0.15) is 47.7 Å². The maximum absolute atomic E-state index is 12.7. The molecule has 2 aliphatic rings. The van der Waals surface area contributed by atoms with E-state index in [9.17, 15) is 9.00 Å². The van der Waals surface area contributed by atoms with Gasteiger partial charge in [-0.2, -0.15) is 0 Å². The summed E-state index contributed by atoms with van der Waals surface area (Å²) in [7, 11) is -3.12. The Kier molecular flexibility index (Phi) is 6.84. The minimum absolute atomic E-state index is 0.0307. The van der Waals surface area contributed by atoms with Crippen molar-refractivity contribution in [2.24, 2.45) is 15.4 Å². The summed E-state index contributed by atoms with van der Waals surface area (Å²) in [5, 5.41) is 10.1. The number of anilines is 1. The number of ether oxygens (including phenoxy) is 1. The molecule has 33 heavy (non-hydrogen) atoms. The van der Waals surface area contributed by atoms with Gasteiger partial charge >= 0.3 is 0 Å². The average molecular weight is 488 g/mol. The van der Waals surface area contributed by atoms with E-state index >= 15 is 0 Å². The summed E-state index contributed by atoms with van der Waals surface area (Å²) < 4.78 is 22.7. The second kappa shape index (κ2) is 9.49. The van der Waals surface area contributed by atoms with E-state index in [2.05, 4.69) is 22.3 Å². The smallest absolute Gasteiger partial charge is 0.286 e. The molecule has 3 atom stereocenters. The summed E-state index contributed by atoms with van der Waals surface area (Å²) >= 11 is 6.22. The number of allylic oxidation sites excluding steroid dienone is 1. The Labute approximate surface area is 200 Å². The normalized spacial score (nSPS) is 21.9. The van der Waals surface area contributed by atoms with Crippen LogP contribution in [0.15, 0.2) is 53.4 Å². The highest BCUT2D eigenvalue weighted by Crippen LogP contribution is 2.42. The molecule has 8 heteroatoms. The number of fused-ring (bicyclic) bond motifs is 3. The number of rotatable bonds is 5. The van der Waals surface area contributed by atoms with Crippen molar-refractivity contribution in [3.05, 3.63) is 70.8 Å². The molecule has 2 aromatic carbocycles. The number of benzene rings is 2. The fourth-order valence-corrected chi connectivity index (χ4v) is 6.43. The molecule has 1 unspecified atom stereocenters. The Hall–Kier alpha value is -2.35. The topological polar surface area (TPSA) is 93.8 Å². The van der Waals surface area contributed by atoms with Gasteiger partial charge < -0.3 is 10.1 Å². The zero-order valence-corrected chi connectivity index (χ0v) is 20.4. The summed E-state index contributed by atoms with van der Waals surface area (Å²) in [4.78, 5) is 12.7. The van der Waals surface area contributed by atoms with Crippen molar-refractivity contribution in [1.29, 1.82) is 0 Å². The number of hydrogen-bond acceptors (Lipinski definition) is 4. The number of nitrogens with one attached hydrogen (secondary N) is 1. The second-order valence-electron chi connectivity index (χ2n) is 9.17. The number of aryl methyl sites for hydroxylation is 1. The summed E-state index contributed by atoms with van der Waals surface area (Å²) in [6.45, 7) is 6.80. The summed E-state index contributed by atoms with van der Waals surface area (Å²) in [5.74, 6) is 0.262. The Morgan fingerprint density at radius 1 is 1.39 bits per heavy atom. The van der Waals surface area contributed by atoms with Crippen LogP contribution < -0.4 is 15.2 Å². The lowest BCUT2D eigenvalue weighted by molar-refractivity contribution is 0.100. The molecule has 2 aromatic rings. The Morgan fingerprint density at radius 2 is 2.21 bits per heavy atom. The van der Waals surface area contributed by atoms with Gasteiger partial charge in [0.2, 0.25) is 0 Å². The van der Waals surface area contributed by atoms with Gasteiger partial charge in [0.05, 0.1) is 12.3 Å². The maximum Gasteiger partial charge on any atom is 0.286 e. The zero-order valence-electron chi connectivity index (χ0n) is 18.8. The van der Waals surface area contributed by atoms with Gasteiger partial charge in [0.1, 0.15) is 15.7 Å². The van der Waals surface area contributed by atoms with E-state index in [1.807, 2.05) is 19.1 Å². The lowest BCUT2D eigenvalue weighted by Crippen LogP contribution is -2.41. The number of nitrogens with zero attached hydrogens (tertiary/aromatic N) is 1. The largest absolute Gasteiger partial charge is 0.490 e. The minimum Gasteiger partial charge on any atom is -0.490 e. The number of carbonyl (C=O) groups excluding carboxylic acids is 1. The number of carbonyl (C=O) groups is 1. The molecule has 1 spiro atoms. The van der Waals surface area contributed by atoms with Crippen LogP contribution >= 0.6 is 11.6 Å². The predicted octanol–water partition coefficient (Wildman–Crippen LogP) is 5.11. The van der Waals surface area contributed by atoms with E-state index in [-0.39, 0.29) is 17.1 Å². The summed E-state index contributed by atoms with van der Waals surface area (Å²) in [5.41, 5.74) is 3.41. The highest BCUT2D eigenvalue weighted by molar-refractivity contribution is 7.91. The van der Waals surface area contributed by atoms with Crippen molar-refractivity contribution < 1.29 is 13.7 Å². The van der Waals surface area contributed by atoms with Crippen LogP contribution in [0.5, 0.6) is 5.75 Å². The standard InChI is InChI=1S/C25H30ClN3O3S/c1-3-5-17(2)14-33(27,31)29-24(30)19-7-10-23-22(13-19)28-15-25(16-32-23)11-4-6-18-12-20(26)8-9-21(18)25/h3,7-10,12-13,17,28H,1,4-6,11,14-16H2,2H3,(H2,27,29,30,31)/t17-,25-,33?/m0/s1. The molecule has 0 fully saturated rings. The van der Waals surface area contributed by atoms with E-state index in [1.54, 1.807) is 24.3 Å². The fraction of sp³-hybridized carbons (Fsp3) is 0.400. The molecule has 176 valence electrons. The van der Waals surface area contributed by atoms with Crippen LogP contribution in [0.2, 0.25) is 5.02 Å². The molecule has 4 rings (SSSR count). The van der Waals surface area contributed by atoms with Crippen LogP contribution in [0.4, 0.5) is 5.69 Å². The molecule has 0 saturated heterocycles. The molecule has 1 aliphatic heterocycles. The molecule has 0 aromatic heterocycles. The van der Waals surface area contributed by atoms with Crippen molar-refractivity contribution in [1.82, 2.24) is 0 Å². The van der Waals surface area contributed by atoms with Crippen molar-refractivity contribution in [2.75, 3.05) is 24.2 Å². The van der Waals surface area contributed by atoms with Gasteiger partial charge in [-0.25, -0.2) is 9.35 Å². The van der Waals surface area contributed by atoms with Crippen LogP contribution in [-0.2, 0) is 21.8 Å². The number of amides is 1. The van der Waals surface area contributed by atoms with Gasteiger partial charge in [-0.15, -0.1) is 10.9 Å². The SMILES string of the molecule is C=CC[C@H](C)CS(N)(=O)=NC(=O)c1ccc2c(c1)NC[C@@]1(CCCc3cc(Cl)ccc31)CO2. The van der Waals surface area contributed by atoms with Crippen molar-refractivity contribution in [2.45, 2.75) is 38.0 Å². The first-order valence-corrected chi connectivity index (χ1v) is 13.3. The van der Waals surface area contributed by atoms with Gasteiger partial charge in [-0.3, -0.25) is 4.79 Å². The first-order chi connectivity index (χ1) is 15.7. The van der Waals surface area contributed by atoms with Gasteiger partial charge in [0.15, 0.2) is 0 Å². The van der Waals surface area contributed by atoms with E-state index in [4.69, 9.17) is 21.5 Å². The molecule has 6 nitrogen and oxygen atoms in total. The first kappa shape index (κ1) is 23.8. The summed E-state index contributed by atoms with van der Waals surface area (Å²) in [6, 6.07) is 11.2. The van der Waals surface area contributed by atoms with Crippen LogP contribution in [0.25, 0.3) is 0 Å². The highest BCUT2D eigenvalue weighted by atomic mass is 35.5. The quantitative estimate of drug-likeness (QED) is 0.573. The van der Waals surface area contributed by atoms with Crippen LogP contribution in [0.3, 0.4) is 0 Å². The van der Waals surface area contributed by atoms with Crippen molar-refractivity contribution in [3.8, 4) is 5.75 Å². The molecule has 0 radical (unpaired) electrons. The third kappa shape index (κ3) is 5.26. The molecular weight excluding hydrogens is 458 g/mol. The predicted molar refractivity (Wildman–Crippen MR) is 134 cm³/mol. The molecule has 0 saturated carbocycles. The Balaban J connectivity index is 1.56. The van der Waals surface area contributed by atoms with Crippen molar-refractivity contribution in [3.63, 3.8) is 0 Å².